The highest BCUT2D eigenvalue weighted by Crippen LogP contribution is 2.32. The first-order valence-corrected chi connectivity index (χ1v) is 6.30. The monoisotopic (exact) mass is 299 g/mol. The lowest BCUT2D eigenvalue weighted by atomic mass is 10.0. The van der Waals surface area contributed by atoms with Gasteiger partial charge < -0.3 is 10.4 Å². The first-order valence-electron chi connectivity index (χ1n) is 6.30. The SMILES string of the molecule is N#Cc1ccc(C(F)(F)F)nc1NC1CCCC1C(=O)O. The number of hydrogen-bond acceptors (Lipinski definition) is 4. The van der Waals surface area contributed by atoms with Crippen molar-refractivity contribution in [2.75, 3.05) is 5.32 Å². The molecule has 0 aromatic carbocycles. The lowest BCUT2D eigenvalue weighted by Crippen LogP contribution is -2.30. The molecule has 1 fully saturated rings. The standard InChI is InChI=1S/C13H12F3N3O2/c14-13(15,16)10-5-4-7(6-17)11(19-10)18-9-3-1-2-8(9)12(20)21/h4-5,8-9H,1-3H2,(H,18,19)(H,20,21). The van der Waals surface area contributed by atoms with Crippen molar-refractivity contribution < 1.29 is 23.1 Å². The number of nitrogens with one attached hydrogen (secondary N) is 1. The summed E-state index contributed by atoms with van der Waals surface area (Å²) in [6, 6.07) is 2.99. The van der Waals surface area contributed by atoms with Crippen molar-refractivity contribution in [3.05, 3.63) is 23.4 Å². The van der Waals surface area contributed by atoms with Gasteiger partial charge in [-0.2, -0.15) is 18.4 Å². The molecular weight excluding hydrogens is 287 g/mol. The fourth-order valence-electron chi connectivity index (χ4n) is 2.42. The van der Waals surface area contributed by atoms with E-state index in [0.29, 0.717) is 19.3 Å². The van der Waals surface area contributed by atoms with Crippen LogP contribution in [0.25, 0.3) is 0 Å². The van der Waals surface area contributed by atoms with Crippen molar-refractivity contribution in [3.8, 4) is 6.07 Å². The van der Waals surface area contributed by atoms with Gasteiger partial charge in [0, 0.05) is 6.04 Å². The quantitative estimate of drug-likeness (QED) is 0.896. The highest BCUT2D eigenvalue weighted by Gasteiger charge is 2.36. The number of nitrogens with zero attached hydrogens (tertiary/aromatic N) is 2. The maximum atomic E-state index is 12.7. The molecule has 2 N–H and O–H groups in total. The zero-order valence-corrected chi connectivity index (χ0v) is 10.8. The van der Waals surface area contributed by atoms with Gasteiger partial charge in [0.25, 0.3) is 0 Å². The van der Waals surface area contributed by atoms with Crippen LogP contribution in [0.4, 0.5) is 19.0 Å². The van der Waals surface area contributed by atoms with E-state index in [2.05, 4.69) is 10.3 Å². The Morgan fingerprint density at radius 2 is 2.14 bits per heavy atom. The summed E-state index contributed by atoms with van der Waals surface area (Å²) in [4.78, 5) is 14.5. The van der Waals surface area contributed by atoms with Crippen LogP contribution in [0.1, 0.15) is 30.5 Å². The molecule has 0 radical (unpaired) electrons. The minimum absolute atomic E-state index is 0.0426. The third kappa shape index (κ3) is 3.24. The summed E-state index contributed by atoms with van der Waals surface area (Å²) < 4.78 is 38.0. The third-order valence-electron chi connectivity index (χ3n) is 3.46. The number of aliphatic carboxylic acids is 1. The van der Waals surface area contributed by atoms with E-state index in [1.54, 1.807) is 6.07 Å². The van der Waals surface area contributed by atoms with Gasteiger partial charge in [0.15, 0.2) is 0 Å². The molecule has 2 rings (SSSR count). The highest BCUT2D eigenvalue weighted by atomic mass is 19.4. The molecule has 0 saturated heterocycles. The van der Waals surface area contributed by atoms with E-state index in [1.807, 2.05) is 0 Å². The zero-order valence-electron chi connectivity index (χ0n) is 10.8. The summed E-state index contributed by atoms with van der Waals surface area (Å²) in [6.45, 7) is 0. The number of rotatable bonds is 3. The average Bonchev–Trinajstić information content (AvgIpc) is 2.86. The summed E-state index contributed by atoms with van der Waals surface area (Å²) in [5.41, 5.74) is -1.16. The Morgan fingerprint density at radius 1 is 1.43 bits per heavy atom. The molecule has 0 amide bonds. The van der Waals surface area contributed by atoms with Crippen LogP contribution in [-0.2, 0) is 11.0 Å². The van der Waals surface area contributed by atoms with E-state index in [9.17, 15) is 18.0 Å². The number of carboxylic acids is 1. The van der Waals surface area contributed by atoms with Crippen LogP contribution in [0, 0.1) is 17.2 Å². The molecule has 0 spiro atoms. The molecule has 0 aliphatic heterocycles. The molecule has 1 aromatic heterocycles. The first kappa shape index (κ1) is 15.1. The second kappa shape index (κ2) is 5.60. The molecule has 1 heterocycles. The Hall–Kier alpha value is -2.30. The molecule has 21 heavy (non-hydrogen) atoms. The maximum Gasteiger partial charge on any atom is 0.433 e. The second-order valence-electron chi connectivity index (χ2n) is 4.83. The van der Waals surface area contributed by atoms with Gasteiger partial charge in [-0.15, -0.1) is 0 Å². The number of halogens is 3. The van der Waals surface area contributed by atoms with Crippen LogP contribution in [-0.4, -0.2) is 22.1 Å². The Bertz CT molecular complexity index is 595. The smallest absolute Gasteiger partial charge is 0.433 e. The van der Waals surface area contributed by atoms with E-state index in [4.69, 9.17) is 10.4 Å². The highest BCUT2D eigenvalue weighted by molar-refractivity contribution is 5.72. The minimum Gasteiger partial charge on any atom is -0.481 e. The predicted molar refractivity (Wildman–Crippen MR) is 66.3 cm³/mol. The number of carboxylic acid groups (broad SMARTS) is 1. The minimum atomic E-state index is -4.62. The lowest BCUT2D eigenvalue weighted by molar-refractivity contribution is -0.142. The first-order chi connectivity index (χ1) is 9.82. The van der Waals surface area contributed by atoms with Gasteiger partial charge in [0.2, 0.25) is 0 Å². The normalized spacial score (nSPS) is 21.8. The van der Waals surface area contributed by atoms with Crippen LogP contribution in [0.5, 0.6) is 0 Å². The van der Waals surface area contributed by atoms with Gasteiger partial charge in [-0.1, -0.05) is 6.42 Å². The summed E-state index contributed by atoms with van der Waals surface area (Å²) in [7, 11) is 0. The second-order valence-corrected chi connectivity index (χ2v) is 4.83. The van der Waals surface area contributed by atoms with Crippen LogP contribution in [0.2, 0.25) is 0 Å². The number of hydrogen-bond donors (Lipinski definition) is 2. The maximum absolute atomic E-state index is 12.7. The van der Waals surface area contributed by atoms with E-state index in [-0.39, 0.29) is 11.4 Å². The van der Waals surface area contributed by atoms with Gasteiger partial charge in [-0.3, -0.25) is 4.79 Å². The molecule has 2 unspecified atom stereocenters. The fraction of sp³-hybridized carbons (Fsp3) is 0.462. The van der Waals surface area contributed by atoms with E-state index >= 15 is 0 Å². The van der Waals surface area contributed by atoms with Gasteiger partial charge >= 0.3 is 12.1 Å². The summed E-state index contributed by atoms with van der Waals surface area (Å²) >= 11 is 0. The molecule has 0 bridgehead atoms. The average molecular weight is 299 g/mol. The molecule has 1 saturated carbocycles. The fourth-order valence-corrected chi connectivity index (χ4v) is 2.42. The Balaban J connectivity index is 2.30. The van der Waals surface area contributed by atoms with E-state index in [0.717, 1.165) is 12.1 Å². The number of pyridine rings is 1. The molecule has 2 atom stereocenters. The molecule has 1 aromatic rings. The summed E-state index contributed by atoms with van der Waals surface area (Å²) in [5, 5.41) is 20.7. The Morgan fingerprint density at radius 3 is 2.71 bits per heavy atom. The van der Waals surface area contributed by atoms with Crippen LogP contribution in [0.15, 0.2) is 12.1 Å². The van der Waals surface area contributed by atoms with E-state index in [1.165, 1.54) is 0 Å². The molecule has 112 valence electrons. The number of alkyl halides is 3. The molecule has 8 heteroatoms. The molecular formula is C13H12F3N3O2. The van der Waals surface area contributed by atoms with Crippen molar-refractivity contribution in [1.82, 2.24) is 4.98 Å². The van der Waals surface area contributed by atoms with Gasteiger partial charge in [-0.25, -0.2) is 4.98 Å². The van der Waals surface area contributed by atoms with Crippen molar-refractivity contribution >= 4 is 11.8 Å². The van der Waals surface area contributed by atoms with E-state index < -0.39 is 29.8 Å². The van der Waals surface area contributed by atoms with Crippen molar-refractivity contribution in [1.29, 1.82) is 5.26 Å². The van der Waals surface area contributed by atoms with Crippen LogP contribution >= 0.6 is 0 Å². The number of nitriles is 1. The lowest BCUT2D eigenvalue weighted by Gasteiger charge is -2.19. The number of aromatic nitrogens is 1. The predicted octanol–water partition coefficient (Wildman–Crippen LogP) is 2.64. The van der Waals surface area contributed by atoms with Crippen LogP contribution < -0.4 is 5.32 Å². The topological polar surface area (TPSA) is 86.0 Å². The summed E-state index contributed by atoms with van der Waals surface area (Å²) in [5.74, 6) is -1.91. The van der Waals surface area contributed by atoms with Crippen molar-refractivity contribution in [2.45, 2.75) is 31.5 Å². The number of anilines is 1. The van der Waals surface area contributed by atoms with Gasteiger partial charge in [-0.05, 0) is 25.0 Å². The zero-order chi connectivity index (χ0) is 15.6. The molecule has 1 aliphatic rings. The Labute approximate surface area is 118 Å². The van der Waals surface area contributed by atoms with Gasteiger partial charge in [0.05, 0.1) is 11.5 Å². The van der Waals surface area contributed by atoms with Crippen molar-refractivity contribution in [2.24, 2.45) is 5.92 Å². The van der Waals surface area contributed by atoms with Crippen molar-refractivity contribution in [3.63, 3.8) is 0 Å². The number of carbonyl (C=O) groups is 1. The van der Waals surface area contributed by atoms with Crippen LogP contribution in [0.3, 0.4) is 0 Å². The summed E-state index contributed by atoms with van der Waals surface area (Å²) in [6.07, 6.45) is -2.99. The van der Waals surface area contributed by atoms with Gasteiger partial charge in [0.1, 0.15) is 17.6 Å². The Kier molecular flexibility index (Phi) is 4.02. The molecule has 1 aliphatic carbocycles. The third-order valence-corrected chi connectivity index (χ3v) is 3.46. The molecule has 5 nitrogen and oxygen atoms in total. The largest absolute Gasteiger partial charge is 0.481 e.